The summed E-state index contributed by atoms with van der Waals surface area (Å²) in [5.41, 5.74) is 22.3. The Bertz CT molecular complexity index is 4540. The Labute approximate surface area is 467 Å². The molecule has 0 atom stereocenters. The molecule has 0 spiro atoms. The van der Waals surface area contributed by atoms with Crippen LogP contribution in [0, 0.1) is 0 Å². The molecule has 14 aromatic carbocycles. The summed E-state index contributed by atoms with van der Waals surface area (Å²) in [4.78, 5) is 2.44. The highest BCUT2D eigenvalue weighted by molar-refractivity contribution is 6.22. The van der Waals surface area contributed by atoms with Crippen LogP contribution in [-0.4, -0.2) is 0 Å². The van der Waals surface area contributed by atoms with Gasteiger partial charge in [0, 0.05) is 17.1 Å². The molecule has 1 nitrogen and oxygen atoms in total. The molecular formula is C79H53N. The lowest BCUT2D eigenvalue weighted by molar-refractivity contribution is 0.768. The van der Waals surface area contributed by atoms with Gasteiger partial charge in [0.15, 0.2) is 0 Å². The standard InChI is InChI=1S/C79H53N/c1-5-21-59(22-6-1)77-73-33-16-15-31-69(73)70-50-44-61(52-74(70)78(77)60-23-7-2-8-24-60)56-42-47-65(48-43-56)80(64-45-40-55(41-46-64)54-36-38-58(39-37-54)68-34-19-25-57-20-13-14-30-67(57)68)66-49-51-72-71-32-17-18-35-75(71)79(76(72)53-66,62-26-9-3-10-27-62)63-28-11-4-12-29-63/h1-53H. The molecule has 0 aliphatic heterocycles. The molecule has 1 aliphatic carbocycles. The average molecular weight is 1020 g/mol. The van der Waals surface area contributed by atoms with E-state index in [1.54, 1.807) is 0 Å². The molecule has 1 heteroatoms. The van der Waals surface area contributed by atoms with Crippen molar-refractivity contribution < 1.29 is 0 Å². The van der Waals surface area contributed by atoms with Gasteiger partial charge >= 0.3 is 0 Å². The van der Waals surface area contributed by atoms with E-state index in [0.29, 0.717) is 0 Å². The van der Waals surface area contributed by atoms with E-state index < -0.39 is 5.41 Å². The molecule has 1 aliphatic rings. The van der Waals surface area contributed by atoms with E-state index in [2.05, 4.69) is 326 Å². The van der Waals surface area contributed by atoms with E-state index in [1.807, 2.05) is 0 Å². The highest BCUT2D eigenvalue weighted by Gasteiger charge is 2.46. The first kappa shape index (κ1) is 46.9. The predicted octanol–water partition coefficient (Wildman–Crippen LogP) is 21.3. The van der Waals surface area contributed by atoms with Gasteiger partial charge in [-0.25, -0.2) is 0 Å². The first-order valence-corrected chi connectivity index (χ1v) is 27.7. The van der Waals surface area contributed by atoms with E-state index >= 15 is 0 Å². The SMILES string of the molecule is c1ccc(-c2c(-c3ccccc3)c3cc(-c4ccc(N(c5ccc(-c6ccc(-c7cccc8ccccc78)cc6)cc5)c5ccc6c(c5)C(c5ccccc5)(c5ccccc5)c5ccccc5-6)cc4)ccc3c3ccccc23)cc1. The molecule has 80 heavy (non-hydrogen) atoms. The van der Waals surface area contributed by atoms with E-state index in [1.165, 1.54) is 116 Å². The van der Waals surface area contributed by atoms with Crippen molar-refractivity contribution >= 4 is 49.4 Å². The van der Waals surface area contributed by atoms with Crippen LogP contribution >= 0.6 is 0 Å². The van der Waals surface area contributed by atoms with Crippen molar-refractivity contribution in [3.63, 3.8) is 0 Å². The molecule has 0 heterocycles. The Morgan fingerprint density at radius 1 is 0.212 bits per heavy atom. The van der Waals surface area contributed by atoms with Crippen molar-refractivity contribution in [2.45, 2.75) is 5.41 Å². The van der Waals surface area contributed by atoms with Crippen LogP contribution in [0.1, 0.15) is 22.3 Å². The molecule has 0 N–H and O–H groups in total. The third-order valence-electron chi connectivity index (χ3n) is 16.8. The second-order valence-corrected chi connectivity index (χ2v) is 21.1. The molecule has 0 unspecified atom stereocenters. The van der Waals surface area contributed by atoms with Crippen LogP contribution in [0.4, 0.5) is 17.1 Å². The number of benzene rings is 14. The van der Waals surface area contributed by atoms with Gasteiger partial charge in [-0.1, -0.05) is 279 Å². The zero-order valence-corrected chi connectivity index (χ0v) is 44.0. The van der Waals surface area contributed by atoms with E-state index in [-0.39, 0.29) is 0 Å². The fourth-order valence-corrected chi connectivity index (χ4v) is 13.1. The second kappa shape index (κ2) is 19.6. The van der Waals surface area contributed by atoms with Crippen molar-refractivity contribution in [3.8, 4) is 66.8 Å². The first-order valence-electron chi connectivity index (χ1n) is 27.7. The van der Waals surface area contributed by atoms with E-state index in [4.69, 9.17) is 0 Å². The van der Waals surface area contributed by atoms with Crippen LogP contribution < -0.4 is 4.90 Å². The van der Waals surface area contributed by atoms with Gasteiger partial charge in [-0.2, -0.15) is 0 Å². The molecule has 15 rings (SSSR count). The topological polar surface area (TPSA) is 3.24 Å². The van der Waals surface area contributed by atoms with Crippen LogP contribution in [-0.2, 0) is 5.41 Å². The number of hydrogen-bond donors (Lipinski definition) is 0. The second-order valence-electron chi connectivity index (χ2n) is 21.1. The molecule has 0 bridgehead atoms. The predicted molar refractivity (Wildman–Crippen MR) is 338 cm³/mol. The van der Waals surface area contributed by atoms with E-state index in [9.17, 15) is 0 Å². The maximum Gasteiger partial charge on any atom is 0.0714 e. The maximum absolute atomic E-state index is 2.46. The normalized spacial score (nSPS) is 12.3. The van der Waals surface area contributed by atoms with Gasteiger partial charge < -0.3 is 4.90 Å². The molecule has 374 valence electrons. The summed E-state index contributed by atoms with van der Waals surface area (Å²) >= 11 is 0. The Balaban J connectivity index is 0.877. The highest BCUT2D eigenvalue weighted by Crippen LogP contribution is 2.57. The third kappa shape index (κ3) is 7.77. The molecular weight excluding hydrogens is 963 g/mol. The Morgan fingerprint density at radius 2 is 0.637 bits per heavy atom. The lowest BCUT2D eigenvalue weighted by atomic mass is 9.67. The Kier molecular flexibility index (Phi) is 11.5. The van der Waals surface area contributed by atoms with Crippen molar-refractivity contribution in [2.75, 3.05) is 4.90 Å². The van der Waals surface area contributed by atoms with Crippen molar-refractivity contribution in [2.24, 2.45) is 0 Å². The highest BCUT2D eigenvalue weighted by atomic mass is 15.1. The summed E-state index contributed by atoms with van der Waals surface area (Å²) in [6.07, 6.45) is 0. The minimum absolute atomic E-state index is 0.539. The molecule has 0 saturated carbocycles. The van der Waals surface area contributed by atoms with Gasteiger partial charge in [0.1, 0.15) is 0 Å². The van der Waals surface area contributed by atoms with Crippen LogP contribution in [0.3, 0.4) is 0 Å². The van der Waals surface area contributed by atoms with Crippen molar-refractivity contribution in [1.29, 1.82) is 0 Å². The van der Waals surface area contributed by atoms with Gasteiger partial charge in [0.05, 0.1) is 5.41 Å². The zero-order valence-electron chi connectivity index (χ0n) is 44.0. The van der Waals surface area contributed by atoms with Gasteiger partial charge in [-0.05, 0) is 164 Å². The number of anilines is 3. The minimum atomic E-state index is -0.539. The lowest BCUT2D eigenvalue weighted by Gasteiger charge is -2.35. The monoisotopic (exact) mass is 1020 g/mol. The largest absolute Gasteiger partial charge is 0.310 e. The van der Waals surface area contributed by atoms with Crippen LogP contribution in [0.5, 0.6) is 0 Å². The summed E-state index contributed by atoms with van der Waals surface area (Å²) in [5.74, 6) is 0. The number of nitrogens with zero attached hydrogens (tertiary/aromatic N) is 1. The molecule has 0 aromatic heterocycles. The van der Waals surface area contributed by atoms with Gasteiger partial charge in [0.2, 0.25) is 0 Å². The summed E-state index contributed by atoms with van der Waals surface area (Å²) < 4.78 is 0. The van der Waals surface area contributed by atoms with Gasteiger partial charge in [-0.3, -0.25) is 0 Å². The molecule has 0 saturated heterocycles. The Hall–Kier alpha value is -10.3. The molecule has 0 radical (unpaired) electrons. The fraction of sp³-hybridized carbons (Fsp3) is 0.0127. The van der Waals surface area contributed by atoms with Crippen LogP contribution in [0.15, 0.2) is 322 Å². The van der Waals surface area contributed by atoms with E-state index in [0.717, 1.165) is 22.6 Å². The smallest absolute Gasteiger partial charge is 0.0714 e. The van der Waals surface area contributed by atoms with Gasteiger partial charge in [-0.15, -0.1) is 0 Å². The number of fused-ring (bicyclic) bond motifs is 7. The fourth-order valence-electron chi connectivity index (χ4n) is 13.1. The molecule has 0 amide bonds. The summed E-state index contributed by atoms with van der Waals surface area (Å²) in [6.45, 7) is 0. The maximum atomic E-state index is 2.46. The van der Waals surface area contributed by atoms with Crippen molar-refractivity contribution in [1.82, 2.24) is 0 Å². The molecule has 0 fully saturated rings. The van der Waals surface area contributed by atoms with Crippen molar-refractivity contribution in [3.05, 3.63) is 344 Å². The zero-order chi connectivity index (χ0) is 53.0. The first-order chi connectivity index (χ1) is 39.7. The summed E-state index contributed by atoms with van der Waals surface area (Å²) in [6, 6.07) is 119. The Morgan fingerprint density at radius 3 is 1.27 bits per heavy atom. The lowest BCUT2D eigenvalue weighted by Crippen LogP contribution is -2.28. The van der Waals surface area contributed by atoms with Crippen LogP contribution in [0.25, 0.3) is 99.1 Å². The summed E-state index contributed by atoms with van der Waals surface area (Å²) in [5, 5.41) is 7.51. The minimum Gasteiger partial charge on any atom is -0.310 e. The van der Waals surface area contributed by atoms with Gasteiger partial charge in [0.25, 0.3) is 0 Å². The van der Waals surface area contributed by atoms with Crippen LogP contribution in [0.2, 0.25) is 0 Å². The molecule has 14 aromatic rings. The number of rotatable bonds is 10. The quantitative estimate of drug-likeness (QED) is 0.123. The third-order valence-corrected chi connectivity index (χ3v) is 16.8. The average Bonchev–Trinajstić information content (AvgIpc) is 4.10. The number of hydrogen-bond acceptors (Lipinski definition) is 1. The summed E-state index contributed by atoms with van der Waals surface area (Å²) in [7, 11) is 0.